The number of amides is 1. The van der Waals surface area contributed by atoms with Crippen LogP contribution in [0.2, 0.25) is 0 Å². The molecule has 1 aromatic heterocycles. The smallest absolute Gasteiger partial charge is 0.263 e. The van der Waals surface area contributed by atoms with Gasteiger partial charge in [-0.25, -0.2) is 4.98 Å². The zero-order valence-electron chi connectivity index (χ0n) is 11.5. The first-order valence-corrected chi connectivity index (χ1v) is 6.88. The van der Waals surface area contributed by atoms with Crippen LogP contribution in [0.4, 0.5) is 0 Å². The van der Waals surface area contributed by atoms with Crippen molar-refractivity contribution in [2.45, 2.75) is 52.9 Å². The summed E-state index contributed by atoms with van der Waals surface area (Å²) in [4.78, 5) is 17.4. The zero-order chi connectivity index (χ0) is 13.2. The highest BCUT2D eigenvalue weighted by molar-refractivity contribution is 7.14. The van der Waals surface area contributed by atoms with E-state index in [4.69, 9.17) is 0 Å². The van der Waals surface area contributed by atoms with Crippen molar-refractivity contribution >= 4 is 17.2 Å². The third-order valence-electron chi connectivity index (χ3n) is 2.39. The van der Waals surface area contributed by atoms with Crippen LogP contribution in [0.3, 0.4) is 0 Å². The van der Waals surface area contributed by atoms with Gasteiger partial charge in [0.1, 0.15) is 4.88 Å². The van der Waals surface area contributed by atoms with Gasteiger partial charge in [0.15, 0.2) is 0 Å². The number of nitrogens with zero attached hydrogens (tertiary/aromatic N) is 1. The Morgan fingerprint density at radius 1 is 1.41 bits per heavy atom. The van der Waals surface area contributed by atoms with Crippen molar-refractivity contribution in [3.05, 3.63) is 15.6 Å². The van der Waals surface area contributed by atoms with E-state index in [1.165, 1.54) is 11.3 Å². The standard InChI is InChI=1S/C13H22N2OS/c1-7-14-11(16)10-9(8(2)3)15-12(17-10)13(4,5)6/h8H,7H2,1-6H3,(H,14,16). The Kier molecular flexibility index (Phi) is 4.31. The molecule has 17 heavy (non-hydrogen) atoms. The van der Waals surface area contributed by atoms with Crippen LogP contribution in [0.5, 0.6) is 0 Å². The van der Waals surface area contributed by atoms with Crippen molar-refractivity contribution in [1.29, 1.82) is 0 Å². The van der Waals surface area contributed by atoms with Crippen LogP contribution in [0.25, 0.3) is 0 Å². The van der Waals surface area contributed by atoms with Crippen molar-refractivity contribution in [2.24, 2.45) is 0 Å². The summed E-state index contributed by atoms with van der Waals surface area (Å²) in [6.45, 7) is 13.1. The van der Waals surface area contributed by atoms with Gasteiger partial charge in [0.05, 0.1) is 10.7 Å². The Hall–Kier alpha value is -0.900. The van der Waals surface area contributed by atoms with E-state index in [0.29, 0.717) is 6.54 Å². The van der Waals surface area contributed by atoms with Gasteiger partial charge in [0.2, 0.25) is 0 Å². The second kappa shape index (κ2) is 5.17. The number of aromatic nitrogens is 1. The molecule has 0 saturated heterocycles. The summed E-state index contributed by atoms with van der Waals surface area (Å²) in [6, 6.07) is 0. The van der Waals surface area contributed by atoms with Crippen molar-refractivity contribution in [2.75, 3.05) is 6.54 Å². The van der Waals surface area contributed by atoms with Crippen molar-refractivity contribution in [1.82, 2.24) is 10.3 Å². The molecule has 4 heteroatoms. The maximum absolute atomic E-state index is 12.0. The van der Waals surface area contributed by atoms with Gasteiger partial charge >= 0.3 is 0 Å². The van der Waals surface area contributed by atoms with Crippen LogP contribution in [0.1, 0.15) is 67.8 Å². The molecule has 3 nitrogen and oxygen atoms in total. The Labute approximate surface area is 108 Å². The van der Waals surface area contributed by atoms with Crippen LogP contribution >= 0.6 is 11.3 Å². The van der Waals surface area contributed by atoms with E-state index in [9.17, 15) is 4.79 Å². The molecule has 0 aliphatic rings. The molecule has 1 aromatic rings. The van der Waals surface area contributed by atoms with Crippen molar-refractivity contribution < 1.29 is 4.79 Å². The van der Waals surface area contributed by atoms with Gasteiger partial charge in [0.25, 0.3) is 5.91 Å². The summed E-state index contributed by atoms with van der Waals surface area (Å²) in [7, 11) is 0. The van der Waals surface area contributed by atoms with Gasteiger partial charge in [-0.2, -0.15) is 0 Å². The lowest BCUT2D eigenvalue weighted by Gasteiger charge is -2.13. The minimum absolute atomic E-state index is 0.000941. The van der Waals surface area contributed by atoms with Gasteiger partial charge in [0, 0.05) is 12.0 Å². The van der Waals surface area contributed by atoms with Crippen LogP contribution in [-0.4, -0.2) is 17.4 Å². The maximum atomic E-state index is 12.0. The predicted molar refractivity (Wildman–Crippen MR) is 72.9 cm³/mol. The molecule has 0 spiro atoms. The lowest BCUT2D eigenvalue weighted by Crippen LogP contribution is -2.23. The molecule has 96 valence electrons. The van der Waals surface area contributed by atoms with E-state index in [1.54, 1.807) is 0 Å². The third-order valence-corrected chi connectivity index (χ3v) is 3.88. The Bertz CT molecular complexity index is 402. The fourth-order valence-electron chi connectivity index (χ4n) is 1.45. The van der Waals surface area contributed by atoms with Crippen LogP contribution in [0.15, 0.2) is 0 Å². The van der Waals surface area contributed by atoms with Gasteiger partial charge < -0.3 is 5.32 Å². The maximum Gasteiger partial charge on any atom is 0.263 e. The highest BCUT2D eigenvalue weighted by atomic mass is 32.1. The molecule has 1 N–H and O–H groups in total. The Morgan fingerprint density at radius 2 is 2.00 bits per heavy atom. The van der Waals surface area contributed by atoms with E-state index in [-0.39, 0.29) is 17.2 Å². The summed E-state index contributed by atoms with van der Waals surface area (Å²) >= 11 is 1.52. The lowest BCUT2D eigenvalue weighted by atomic mass is 9.98. The van der Waals surface area contributed by atoms with E-state index in [0.717, 1.165) is 15.6 Å². The number of hydrogen-bond acceptors (Lipinski definition) is 3. The molecule has 0 bridgehead atoms. The minimum atomic E-state index is -0.000941. The fourth-order valence-corrected chi connectivity index (χ4v) is 2.64. The predicted octanol–water partition coefficient (Wildman–Crippen LogP) is 3.31. The number of hydrogen-bond donors (Lipinski definition) is 1. The van der Waals surface area contributed by atoms with E-state index in [2.05, 4.69) is 44.9 Å². The molecule has 0 aliphatic heterocycles. The van der Waals surface area contributed by atoms with Gasteiger partial charge in [-0.3, -0.25) is 4.79 Å². The molecule has 1 heterocycles. The zero-order valence-corrected chi connectivity index (χ0v) is 12.4. The largest absolute Gasteiger partial charge is 0.352 e. The van der Waals surface area contributed by atoms with Crippen LogP contribution < -0.4 is 5.32 Å². The molecule has 1 amide bonds. The third kappa shape index (κ3) is 3.28. The van der Waals surface area contributed by atoms with Gasteiger partial charge in [-0.1, -0.05) is 34.6 Å². The van der Waals surface area contributed by atoms with Gasteiger partial charge in [-0.15, -0.1) is 11.3 Å². The second-order valence-corrected chi connectivity index (χ2v) is 6.50. The van der Waals surface area contributed by atoms with E-state index >= 15 is 0 Å². The van der Waals surface area contributed by atoms with Gasteiger partial charge in [-0.05, 0) is 12.8 Å². The fraction of sp³-hybridized carbons (Fsp3) is 0.692. The molecule has 0 saturated carbocycles. The number of rotatable bonds is 3. The van der Waals surface area contributed by atoms with Crippen LogP contribution in [-0.2, 0) is 5.41 Å². The van der Waals surface area contributed by atoms with Crippen molar-refractivity contribution in [3.63, 3.8) is 0 Å². The minimum Gasteiger partial charge on any atom is -0.352 e. The number of carbonyl (C=O) groups is 1. The number of nitrogens with one attached hydrogen (secondary N) is 1. The summed E-state index contributed by atoms with van der Waals surface area (Å²) < 4.78 is 0. The summed E-state index contributed by atoms with van der Waals surface area (Å²) in [6.07, 6.45) is 0. The average molecular weight is 254 g/mol. The van der Waals surface area contributed by atoms with Crippen LogP contribution in [0, 0.1) is 0 Å². The summed E-state index contributed by atoms with van der Waals surface area (Å²) in [5.74, 6) is 0.282. The Morgan fingerprint density at radius 3 is 2.41 bits per heavy atom. The second-order valence-electron chi connectivity index (χ2n) is 5.50. The highest BCUT2D eigenvalue weighted by Gasteiger charge is 2.25. The Balaban J connectivity index is 3.19. The molecule has 0 aromatic carbocycles. The molecule has 0 fully saturated rings. The quantitative estimate of drug-likeness (QED) is 0.899. The highest BCUT2D eigenvalue weighted by Crippen LogP contribution is 2.32. The lowest BCUT2D eigenvalue weighted by molar-refractivity contribution is 0.0958. The molecule has 0 unspecified atom stereocenters. The molecular formula is C13H22N2OS. The normalized spacial score (nSPS) is 11.9. The topological polar surface area (TPSA) is 42.0 Å². The molecule has 0 aliphatic carbocycles. The van der Waals surface area contributed by atoms with E-state index < -0.39 is 0 Å². The van der Waals surface area contributed by atoms with Crippen molar-refractivity contribution in [3.8, 4) is 0 Å². The molecule has 1 rings (SSSR count). The van der Waals surface area contributed by atoms with E-state index in [1.807, 2.05) is 6.92 Å². The number of thiazole rings is 1. The molecule has 0 radical (unpaired) electrons. The first-order chi connectivity index (χ1) is 7.77. The molecular weight excluding hydrogens is 232 g/mol. The average Bonchev–Trinajstić information content (AvgIpc) is 2.61. The number of carbonyl (C=O) groups excluding carboxylic acids is 1. The SMILES string of the molecule is CCNC(=O)c1sc(C(C)(C)C)nc1C(C)C. The molecule has 0 atom stereocenters. The summed E-state index contributed by atoms with van der Waals surface area (Å²) in [5.41, 5.74) is 0.921. The monoisotopic (exact) mass is 254 g/mol. The first kappa shape index (κ1) is 14.2. The first-order valence-electron chi connectivity index (χ1n) is 6.06. The summed E-state index contributed by atoms with van der Waals surface area (Å²) in [5, 5.41) is 3.88.